The summed E-state index contributed by atoms with van der Waals surface area (Å²) in [6.07, 6.45) is 0. The number of nitroso groups, excluding NO2 is 1. The molecule has 0 fully saturated rings. The summed E-state index contributed by atoms with van der Waals surface area (Å²) in [5, 5.41) is 2.76. The molecule has 3 nitrogen and oxygen atoms in total. The molecule has 0 spiro atoms. The lowest BCUT2D eigenvalue weighted by molar-refractivity contribution is 1.51. The van der Waals surface area contributed by atoms with Crippen molar-refractivity contribution in [1.82, 2.24) is 0 Å². The maximum Gasteiger partial charge on any atom is 0.139 e. The van der Waals surface area contributed by atoms with E-state index in [-0.39, 0.29) is 0 Å². The van der Waals surface area contributed by atoms with E-state index in [9.17, 15) is 4.91 Å². The molecule has 1 aromatic rings. The maximum atomic E-state index is 10.0. The highest BCUT2D eigenvalue weighted by Gasteiger charge is 1.96. The van der Waals surface area contributed by atoms with Gasteiger partial charge in [-0.15, -0.1) is 4.91 Å². The van der Waals surface area contributed by atoms with Gasteiger partial charge in [-0.05, 0) is 17.3 Å². The minimum atomic E-state index is 0.319. The number of hydrogen-bond acceptors (Lipinski definition) is 3. The first-order chi connectivity index (χ1) is 4.74. The highest BCUT2D eigenvalue weighted by molar-refractivity contribution is 6.32. The second kappa shape index (κ2) is 2.52. The van der Waals surface area contributed by atoms with Gasteiger partial charge in [0, 0.05) is 0 Å². The van der Waals surface area contributed by atoms with Gasteiger partial charge in [-0.25, -0.2) is 0 Å². The predicted molar refractivity (Wildman–Crippen MR) is 44.5 cm³/mol. The van der Waals surface area contributed by atoms with Crippen molar-refractivity contribution in [2.24, 2.45) is 5.18 Å². The van der Waals surface area contributed by atoms with E-state index in [4.69, 9.17) is 5.73 Å². The molecule has 50 valence electrons. The lowest BCUT2D eigenvalue weighted by Crippen LogP contribution is -2.01. The van der Waals surface area contributed by atoms with Crippen LogP contribution in [0, 0.1) is 4.91 Å². The standard InChI is InChI=1S/C6H7BN2O/c7-4-1-2-5(8)6(3-4)9-10/h1-3H,7-8H2. The van der Waals surface area contributed by atoms with Gasteiger partial charge in [-0.3, -0.25) is 0 Å². The van der Waals surface area contributed by atoms with Gasteiger partial charge < -0.3 is 5.73 Å². The summed E-state index contributed by atoms with van der Waals surface area (Å²) < 4.78 is 0. The Morgan fingerprint density at radius 1 is 1.50 bits per heavy atom. The number of hydrogen-bond donors (Lipinski definition) is 1. The molecular weight excluding hydrogens is 127 g/mol. The molecule has 10 heavy (non-hydrogen) atoms. The van der Waals surface area contributed by atoms with Crippen LogP contribution < -0.4 is 11.2 Å². The summed E-state index contributed by atoms with van der Waals surface area (Å²) in [4.78, 5) is 10.0. The van der Waals surface area contributed by atoms with Crippen molar-refractivity contribution in [1.29, 1.82) is 0 Å². The van der Waals surface area contributed by atoms with Crippen LogP contribution in [0.15, 0.2) is 23.4 Å². The smallest absolute Gasteiger partial charge is 0.139 e. The molecule has 0 saturated carbocycles. The van der Waals surface area contributed by atoms with E-state index in [1.807, 2.05) is 13.9 Å². The lowest BCUT2D eigenvalue weighted by atomic mass is 9.95. The van der Waals surface area contributed by atoms with E-state index in [1.54, 1.807) is 12.1 Å². The number of benzene rings is 1. The van der Waals surface area contributed by atoms with Crippen molar-refractivity contribution in [3.05, 3.63) is 23.1 Å². The summed E-state index contributed by atoms with van der Waals surface area (Å²) >= 11 is 0. The molecule has 1 aromatic carbocycles. The van der Waals surface area contributed by atoms with Crippen molar-refractivity contribution in [3.63, 3.8) is 0 Å². The Morgan fingerprint density at radius 2 is 2.20 bits per heavy atom. The monoisotopic (exact) mass is 134 g/mol. The third-order valence-electron chi connectivity index (χ3n) is 1.28. The zero-order chi connectivity index (χ0) is 7.56. The van der Waals surface area contributed by atoms with Gasteiger partial charge in [0.25, 0.3) is 0 Å². The van der Waals surface area contributed by atoms with Gasteiger partial charge in [0.1, 0.15) is 13.5 Å². The Kier molecular flexibility index (Phi) is 1.71. The van der Waals surface area contributed by atoms with E-state index in [0.717, 1.165) is 5.46 Å². The number of nitrogens with two attached hydrogens (primary N) is 1. The first-order valence-corrected chi connectivity index (χ1v) is 2.93. The number of anilines is 1. The molecule has 0 aliphatic carbocycles. The van der Waals surface area contributed by atoms with Crippen LogP contribution in [0.2, 0.25) is 0 Å². The molecule has 0 bridgehead atoms. The van der Waals surface area contributed by atoms with E-state index >= 15 is 0 Å². The van der Waals surface area contributed by atoms with E-state index < -0.39 is 0 Å². The second-order valence-corrected chi connectivity index (χ2v) is 2.15. The fourth-order valence-electron chi connectivity index (χ4n) is 0.733. The van der Waals surface area contributed by atoms with Crippen LogP contribution in [-0.4, -0.2) is 7.85 Å². The van der Waals surface area contributed by atoms with Crippen LogP contribution in [0.1, 0.15) is 0 Å². The Hall–Kier alpha value is -1.32. The Bertz CT molecular complexity index is 262. The normalized spacial score (nSPS) is 9.20. The van der Waals surface area contributed by atoms with Crippen molar-refractivity contribution in [3.8, 4) is 0 Å². The molecule has 0 aromatic heterocycles. The van der Waals surface area contributed by atoms with Crippen LogP contribution in [0.25, 0.3) is 0 Å². The van der Waals surface area contributed by atoms with Gasteiger partial charge in [0.05, 0.1) is 5.69 Å². The number of nitrogen functional groups attached to an aromatic ring is 1. The summed E-state index contributed by atoms with van der Waals surface area (Å²) in [6, 6.07) is 5.17. The van der Waals surface area contributed by atoms with Crippen molar-refractivity contribution in [2.75, 3.05) is 5.73 Å². The average molecular weight is 134 g/mol. The SMILES string of the molecule is Bc1ccc(N)c(N=O)c1. The van der Waals surface area contributed by atoms with Crippen molar-refractivity contribution in [2.45, 2.75) is 0 Å². The molecule has 0 radical (unpaired) electrons. The fraction of sp³-hybridized carbons (Fsp3) is 0. The molecule has 0 aliphatic heterocycles. The minimum absolute atomic E-state index is 0.319. The van der Waals surface area contributed by atoms with Crippen LogP contribution >= 0.6 is 0 Å². The van der Waals surface area contributed by atoms with Crippen LogP contribution in [0.5, 0.6) is 0 Å². The third kappa shape index (κ3) is 1.15. The minimum Gasteiger partial charge on any atom is -0.397 e. The van der Waals surface area contributed by atoms with Crippen molar-refractivity contribution >= 4 is 24.7 Å². The molecule has 0 saturated heterocycles. The van der Waals surface area contributed by atoms with E-state index in [0.29, 0.717) is 11.4 Å². The van der Waals surface area contributed by atoms with Crippen molar-refractivity contribution < 1.29 is 0 Å². The quantitative estimate of drug-likeness (QED) is 0.332. The highest BCUT2D eigenvalue weighted by atomic mass is 16.3. The molecule has 0 amide bonds. The number of nitrogens with zero attached hydrogens (tertiary/aromatic N) is 1. The molecule has 4 heteroatoms. The molecule has 0 heterocycles. The maximum absolute atomic E-state index is 10.0. The highest BCUT2D eigenvalue weighted by Crippen LogP contribution is 2.17. The Morgan fingerprint density at radius 3 is 2.70 bits per heavy atom. The average Bonchev–Trinajstić information content (AvgIpc) is 1.94. The molecule has 2 N–H and O–H groups in total. The molecule has 0 aliphatic rings. The molecule has 0 atom stereocenters. The Balaban J connectivity index is 3.21. The molecule has 1 rings (SSSR count). The van der Waals surface area contributed by atoms with Gasteiger partial charge in [0.15, 0.2) is 0 Å². The van der Waals surface area contributed by atoms with E-state index in [1.165, 1.54) is 0 Å². The van der Waals surface area contributed by atoms with Gasteiger partial charge in [0.2, 0.25) is 0 Å². The van der Waals surface area contributed by atoms with Crippen LogP contribution in [-0.2, 0) is 0 Å². The Labute approximate surface area is 59.6 Å². The third-order valence-corrected chi connectivity index (χ3v) is 1.28. The fourth-order valence-corrected chi connectivity index (χ4v) is 0.733. The van der Waals surface area contributed by atoms with Gasteiger partial charge in [-0.2, -0.15) is 0 Å². The topological polar surface area (TPSA) is 55.4 Å². The largest absolute Gasteiger partial charge is 0.397 e. The number of rotatable bonds is 1. The zero-order valence-corrected chi connectivity index (χ0v) is 5.66. The molecule has 0 unspecified atom stereocenters. The van der Waals surface area contributed by atoms with Gasteiger partial charge in [-0.1, -0.05) is 11.5 Å². The van der Waals surface area contributed by atoms with E-state index in [2.05, 4.69) is 5.18 Å². The first kappa shape index (κ1) is 6.80. The summed E-state index contributed by atoms with van der Waals surface area (Å²) in [5.74, 6) is 0. The predicted octanol–water partition coefficient (Wildman–Crippen LogP) is -0.0749. The summed E-state index contributed by atoms with van der Waals surface area (Å²) in [6.45, 7) is 0. The first-order valence-electron chi connectivity index (χ1n) is 2.93. The summed E-state index contributed by atoms with van der Waals surface area (Å²) in [7, 11) is 1.88. The molecular formula is C6H7BN2O. The lowest BCUT2D eigenvalue weighted by Gasteiger charge is -1.96. The zero-order valence-electron chi connectivity index (χ0n) is 5.66. The summed E-state index contributed by atoms with van der Waals surface area (Å²) in [5.41, 5.74) is 7.15. The van der Waals surface area contributed by atoms with Crippen LogP contribution in [0.3, 0.4) is 0 Å². The van der Waals surface area contributed by atoms with Crippen LogP contribution in [0.4, 0.5) is 11.4 Å². The second-order valence-electron chi connectivity index (χ2n) is 2.15. The van der Waals surface area contributed by atoms with Gasteiger partial charge >= 0.3 is 0 Å².